The number of benzene rings is 1. The van der Waals surface area contributed by atoms with Gasteiger partial charge in [-0.3, -0.25) is 10.1 Å². The van der Waals surface area contributed by atoms with E-state index in [1.54, 1.807) is 0 Å². The molecule has 1 aliphatic rings. The van der Waals surface area contributed by atoms with Crippen LogP contribution in [0.4, 0.5) is 5.69 Å². The standard InChI is InChI=1S/C12H17N3O5S/c13-7-9-2-1-5-14(8-9)21(19,20)10-3-4-12(16)11(6-10)15(17)18/h3-4,6,9,16H,1-2,5,7-8,13H2. The fourth-order valence-electron chi connectivity index (χ4n) is 2.40. The molecule has 1 heterocycles. The summed E-state index contributed by atoms with van der Waals surface area (Å²) in [5.74, 6) is -0.460. The average molecular weight is 315 g/mol. The maximum Gasteiger partial charge on any atom is 0.312 e. The van der Waals surface area contributed by atoms with E-state index in [2.05, 4.69) is 0 Å². The van der Waals surface area contributed by atoms with E-state index < -0.39 is 26.4 Å². The molecule has 1 fully saturated rings. The first-order valence-corrected chi connectivity index (χ1v) is 7.98. The Hall–Kier alpha value is -1.71. The molecule has 1 aromatic rings. The van der Waals surface area contributed by atoms with Crippen LogP contribution in [-0.4, -0.2) is 42.4 Å². The Labute approximate surface area is 122 Å². The molecule has 2 rings (SSSR count). The van der Waals surface area contributed by atoms with Crippen molar-refractivity contribution in [3.8, 4) is 5.75 Å². The zero-order valence-corrected chi connectivity index (χ0v) is 12.1. The molecule has 21 heavy (non-hydrogen) atoms. The molecule has 0 bridgehead atoms. The third-order valence-corrected chi connectivity index (χ3v) is 5.46. The van der Waals surface area contributed by atoms with Crippen molar-refractivity contribution in [2.75, 3.05) is 19.6 Å². The van der Waals surface area contributed by atoms with Gasteiger partial charge in [0, 0.05) is 19.2 Å². The van der Waals surface area contributed by atoms with Crippen LogP contribution < -0.4 is 5.73 Å². The van der Waals surface area contributed by atoms with Crippen LogP contribution in [0, 0.1) is 16.0 Å². The van der Waals surface area contributed by atoms with Gasteiger partial charge in [-0.15, -0.1) is 0 Å². The van der Waals surface area contributed by atoms with Crippen LogP contribution in [-0.2, 0) is 10.0 Å². The Morgan fingerprint density at radius 1 is 1.48 bits per heavy atom. The summed E-state index contributed by atoms with van der Waals surface area (Å²) in [6, 6.07) is 3.08. The van der Waals surface area contributed by atoms with Crippen molar-refractivity contribution in [2.24, 2.45) is 11.7 Å². The second-order valence-corrected chi connectivity index (χ2v) is 6.95. The van der Waals surface area contributed by atoms with Gasteiger partial charge in [0.15, 0.2) is 5.75 Å². The molecular formula is C12H17N3O5S. The number of nitro benzene ring substituents is 1. The second-order valence-electron chi connectivity index (χ2n) is 5.01. The van der Waals surface area contributed by atoms with Gasteiger partial charge in [0.1, 0.15) is 0 Å². The molecule has 0 saturated carbocycles. The Morgan fingerprint density at radius 2 is 2.19 bits per heavy atom. The molecule has 3 N–H and O–H groups in total. The van der Waals surface area contributed by atoms with E-state index in [-0.39, 0.29) is 10.8 Å². The first kappa shape index (κ1) is 15.7. The van der Waals surface area contributed by atoms with E-state index in [4.69, 9.17) is 5.73 Å². The van der Waals surface area contributed by atoms with Crippen LogP contribution in [0.3, 0.4) is 0 Å². The van der Waals surface area contributed by atoms with Gasteiger partial charge in [-0.25, -0.2) is 8.42 Å². The Bertz CT molecular complexity index is 646. The second kappa shape index (κ2) is 5.96. The summed E-state index contributed by atoms with van der Waals surface area (Å²) in [7, 11) is -3.82. The Balaban J connectivity index is 2.35. The van der Waals surface area contributed by atoms with Crippen molar-refractivity contribution >= 4 is 15.7 Å². The summed E-state index contributed by atoms with van der Waals surface area (Å²) >= 11 is 0. The fourth-order valence-corrected chi connectivity index (χ4v) is 3.97. The minimum absolute atomic E-state index is 0.0978. The van der Waals surface area contributed by atoms with Gasteiger partial charge in [0.2, 0.25) is 10.0 Å². The first-order chi connectivity index (χ1) is 9.86. The highest BCUT2D eigenvalue weighted by Crippen LogP contribution is 2.30. The summed E-state index contributed by atoms with van der Waals surface area (Å²) in [4.78, 5) is 9.79. The SMILES string of the molecule is NCC1CCCN(S(=O)(=O)c2ccc(O)c([N+](=O)[O-])c2)C1. The summed E-state index contributed by atoms with van der Waals surface area (Å²) in [5, 5.41) is 20.2. The lowest BCUT2D eigenvalue weighted by atomic mass is 10.0. The molecule has 1 saturated heterocycles. The zero-order chi connectivity index (χ0) is 15.6. The predicted molar refractivity (Wildman–Crippen MR) is 75.3 cm³/mol. The van der Waals surface area contributed by atoms with Gasteiger partial charge >= 0.3 is 5.69 Å². The lowest BCUT2D eigenvalue weighted by molar-refractivity contribution is -0.386. The lowest BCUT2D eigenvalue weighted by Crippen LogP contribution is -2.41. The van der Waals surface area contributed by atoms with Crippen molar-refractivity contribution in [3.63, 3.8) is 0 Å². The number of piperidine rings is 1. The molecule has 1 aromatic carbocycles. The van der Waals surface area contributed by atoms with E-state index in [1.807, 2.05) is 0 Å². The fraction of sp³-hybridized carbons (Fsp3) is 0.500. The summed E-state index contributed by atoms with van der Waals surface area (Å²) in [5.41, 5.74) is 4.97. The highest BCUT2D eigenvalue weighted by atomic mass is 32.2. The molecule has 9 heteroatoms. The number of hydrogen-bond acceptors (Lipinski definition) is 6. The topological polar surface area (TPSA) is 127 Å². The Kier molecular flexibility index (Phi) is 4.45. The van der Waals surface area contributed by atoms with Gasteiger partial charge in [-0.05, 0) is 37.4 Å². The zero-order valence-electron chi connectivity index (χ0n) is 11.3. The third kappa shape index (κ3) is 3.14. The van der Waals surface area contributed by atoms with E-state index >= 15 is 0 Å². The minimum Gasteiger partial charge on any atom is -0.502 e. The molecule has 0 radical (unpaired) electrons. The van der Waals surface area contributed by atoms with Crippen molar-refractivity contribution in [3.05, 3.63) is 28.3 Å². The van der Waals surface area contributed by atoms with Crippen LogP contribution in [0.25, 0.3) is 0 Å². The van der Waals surface area contributed by atoms with Gasteiger partial charge in [0.25, 0.3) is 0 Å². The molecule has 116 valence electrons. The minimum atomic E-state index is -3.82. The number of nitrogens with zero attached hydrogens (tertiary/aromatic N) is 2. The quantitative estimate of drug-likeness (QED) is 0.620. The van der Waals surface area contributed by atoms with Crippen molar-refractivity contribution in [1.82, 2.24) is 4.31 Å². The van der Waals surface area contributed by atoms with Gasteiger partial charge in [-0.2, -0.15) is 4.31 Å². The molecule has 1 atom stereocenters. The van der Waals surface area contributed by atoms with Crippen molar-refractivity contribution in [1.29, 1.82) is 0 Å². The molecule has 0 amide bonds. The van der Waals surface area contributed by atoms with Crippen LogP contribution >= 0.6 is 0 Å². The van der Waals surface area contributed by atoms with Crippen LogP contribution in [0.15, 0.2) is 23.1 Å². The van der Waals surface area contributed by atoms with Crippen molar-refractivity contribution < 1.29 is 18.4 Å². The maximum absolute atomic E-state index is 12.5. The number of hydrogen-bond donors (Lipinski definition) is 2. The molecular weight excluding hydrogens is 298 g/mol. The molecule has 0 aromatic heterocycles. The monoisotopic (exact) mass is 315 g/mol. The first-order valence-electron chi connectivity index (χ1n) is 6.54. The predicted octanol–water partition coefficient (Wildman–Crippen LogP) is 0.660. The number of nitrogens with two attached hydrogens (primary N) is 1. The molecule has 8 nitrogen and oxygen atoms in total. The maximum atomic E-state index is 12.5. The number of phenols is 1. The number of aromatic hydroxyl groups is 1. The summed E-state index contributed by atoms with van der Waals surface area (Å²) < 4.78 is 26.3. The lowest BCUT2D eigenvalue weighted by Gasteiger charge is -2.31. The summed E-state index contributed by atoms with van der Waals surface area (Å²) in [6.07, 6.45) is 1.58. The van der Waals surface area contributed by atoms with Crippen LogP contribution in [0.1, 0.15) is 12.8 Å². The van der Waals surface area contributed by atoms with Gasteiger partial charge < -0.3 is 10.8 Å². The number of rotatable bonds is 4. The normalized spacial score (nSPS) is 20.3. The number of sulfonamides is 1. The summed E-state index contributed by atoms with van der Waals surface area (Å²) in [6.45, 7) is 1.09. The third-order valence-electron chi connectivity index (χ3n) is 3.60. The highest BCUT2D eigenvalue weighted by Gasteiger charge is 2.31. The van der Waals surface area contributed by atoms with E-state index in [0.717, 1.165) is 18.6 Å². The molecule has 0 spiro atoms. The average Bonchev–Trinajstić information content (AvgIpc) is 2.47. The van der Waals surface area contributed by atoms with E-state index in [9.17, 15) is 23.6 Å². The van der Waals surface area contributed by atoms with Crippen LogP contribution in [0.2, 0.25) is 0 Å². The smallest absolute Gasteiger partial charge is 0.312 e. The van der Waals surface area contributed by atoms with E-state index in [0.29, 0.717) is 26.1 Å². The van der Waals surface area contributed by atoms with Gasteiger partial charge in [0.05, 0.1) is 9.82 Å². The van der Waals surface area contributed by atoms with Crippen LogP contribution in [0.5, 0.6) is 5.75 Å². The number of phenolic OH excluding ortho intramolecular Hbond substituents is 1. The largest absolute Gasteiger partial charge is 0.502 e. The van der Waals surface area contributed by atoms with Crippen molar-refractivity contribution in [2.45, 2.75) is 17.7 Å². The molecule has 0 aliphatic carbocycles. The van der Waals surface area contributed by atoms with E-state index in [1.165, 1.54) is 10.4 Å². The highest BCUT2D eigenvalue weighted by molar-refractivity contribution is 7.89. The Morgan fingerprint density at radius 3 is 2.81 bits per heavy atom. The van der Waals surface area contributed by atoms with Gasteiger partial charge in [-0.1, -0.05) is 0 Å². The number of nitro groups is 1. The molecule has 1 aliphatic heterocycles. The molecule has 1 unspecified atom stereocenters.